The van der Waals surface area contributed by atoms with Crippen molar-refractivity contribution in [3.05, 3.63) is 42.6 Å². The second-order valence-corrected chi connectivity index (χ2v) is 5.79. The Bertz CT molecular complexity index is 761. The van der Waals surface area contributed by atoms with E-state index in [4.69, 9.17) is 9.47 Å². The smallest absolute Gasteiger partial charge is 0.178 e. The number of aromatic amines is 1. The van der Waals surface area contributed by atoms with Crippen molar-refractivity contribution in [1.29, 1.82) is 0 Å². The lowest BCUT2D eigenvalue weighted by molar-refractivity contribution is 0.0322. The summed E-state index contributed by atoms with van der Waals surface area (Å²) in [6.07, 6.45) is 1.75. The maximum Gasteiger partial charge on any atom is 0.178 e. The summed E-state index contributed by atoms with van der Waals surface area (Å²) in [5.74, 6) is 1.70. The Morgan fingerprint density at radius 3 is 2.75 bits per heavy atom. The molecule has 0 aliphatic carbocycles. The average Bonchev–Trinajstić information content (AvgIpc) is 3.07. The number of hydrogen-bond acceptors (Lipinski definition) is 5. The van der Waals surface area contributed by atoms with Crippen LogP contribution in [0.5, 0.6) is 5.75 Å². The van der Waals surface area contributed by atoms with E-state index in [1.807, 2.05) is 36.4 Å². The summed E-state index contributed by atoms with van der Waals surface area (Å²) in [7, 11) is 0. The molecule has 0 saturated carbocycles. The van der Waals surface area contributed by atoms with Crippen molar-refractivity contribution in [2.45, 2.75) is 0 Å². The van der Waals surface area contributed by atoms with Crippen LogP contribution in [0.1, 0.15) is 0 Å². The van der Waals surface area contributed by atoms with Crippen LogP contribution in [0.2, 0.25) is 0 Å². The first-order valence-corrected chi connectivity index (χ1v) is 8.22. The first kappa shape index (κ1) is 15.1. The van der Waals surface area contributed by atoms with Crippen LogP contribution in [0.15, 0.2) is 42.6 Å². The predicted molar refractivity (Wildman–Crippen MR) is 92.1 cm³/mol. The van der Waals surface area contributed by atoms with Gasteiger partial charge in [-0.1, -0.05) is 0 Å². The first-order chi connectivity index (χ1) is 11.9. The fraction of sp³-hybridized carbons (Fsp3) is 0.333. The molecule has 0 radical (unpaired) electrons. The number of ether oxygens (including phenoxy) is 2. The van der Waals surface area contributed by atoms with Gasteiger partial charge in [0.2, 0.25) is 0 Å². The molecule has 124 valence electrons. The number of pyridine rings is 1. The Morgan fingerprint density at radius 2 is 1.96 bits per heavy atom. The van der Waals surface area contributed by atoms with Gasteiger partial charge in [-0.3, -0.25) is 4.90 Å². The number of nitrogens with zero attached hydrogens (tertiary/aromatic N) is 3. The number of imidazole rings is 1. The molecule has 0 amide bonds. The third-order valence-electron chi connectivity index (χ3n) is 4.17. The summed E-state index contributed by atoms with van der Waals surface area (Å²) in [5.41, 5.74) is 2.70. The molecule has 0 spiro atoms. The lowest BCUT2D eigenvalue weighted by Crippen LogP contribution is -2.38. The van der Waals surface area contributed by atoms with Crippen molar-refractivity contribution in [2.75, 3.05) is 39.5 Å². The molecule has 1 aliphatic rings. The van der Waals surface area contributed by atoms with E-state index < -0.39 is 0 Å². The van der Waals surface area contributed by atoms with Gasteiger partial charge in [-0.25, -0.2) is 9.97 Å². The quantitative estimate of drug-likeness (QED) is 0.780. The molecule has 1 N–H and O–H groups in total. The number of morpholine rings is 1. The maximum absolute atomic E-state index is 5.83. The molecule has 3 aromatic rings. The van der Waals surface area contributed by atoms with Crippen LogP contribution < -0.4 is 4.74 Å². The molecule has 0 unspecified atom stereocenters. The molecule has 6 nitrogen and oxygen atoms in total. The maximum atomic E-state index is 5.83. The molecule has 6 heteroatoms. The number of aromatic nitrogens is 3. The van der Waals surface area contributed by atoms with Gasteiger partial charge in [0.05, 0.1) is 18.7 Å². The van der Waals surface area contributed by atoms with E-state index in [2.05, 4.69) is 19.9 Å². The highest BCUT2D eigenvalue weighted by atomic mass is 16.5. The van der Waals surface area contributed by atoms with Crippen molar-refractivity contribution in [3.63, 3.8) is 0 Å². The second-order valence-electron chi connectivity index (χ2n) is 5.79. The highest BCUT2D eigenvalue weighted by molar-refractivity contribution is 5.75. The zero-order valence-corrected chi connectivity index (χ0v) is 13.4. The normalized spacial score (nSPS) is 15.7. The molecule has 3 heterocycles. The van der Waals surface area contributed by atoms with Crippen molar-refractivity contribution in [1.82, 2.24) is 19.9 Å². The minimum atomic E-state index is 0.688. The summed E-state index contributed by atoms with van der Waals surface area (Å²) < 4.78 is 11.2. The van der Waals surface area contributed by atoms with Crippen LogP contribution >= 0.6 is 0 Å². The van der Waals surface area contributed by atoms with Gasteiger partial charge in [0.15, 0.2) is 5.65 Å². The summed E-state index contributed by atoms with van der Waals surface area (Å²) >= 11 is 0. The Hall–Kier alpha value is -2.44. The van der Waals surface area contributed by atoms with Crippen LogP contribution in [-0.2, 0) is 4.74 Å². The number of H-pyrrole nitrogens is 1. The molecule has 1 aliphatic heterocycles. The van der Waals surface area contributed by atoms with Gasteiger partial charge in [0, 0.05) is 31.4 Å². The van der Waals surface area contributed by atoms with Gasteiger partial charge in [0.25, 0.3) is 0 Å². The van der Waals surface area contributed by atoms with Crippen molar-refractivity contribution in [3.8, 4) is 17.1 Å². The Balaban J connectivity index is 1.37. The zero-order chi connectivity index (χ0) is 16.2. The average molecular weight is 324 g/mol. The van der Waals surface area contributed by atoms with E-state index in [9.17, 15) is 0 Å². The van der Waals surface area contributed by atoms with Gasteiger partial charge < -0.3 is 14.5 Å². The molecule has 4 rings (SSSR count). The lowest BCUT2D eigenvalue weighted by Gasteiger charge is -2.26. The van der Waals surface area contributed by atoms with Gasteiger partial charge >= 0.3 is 0 Å². The lowest BCUT2D eigenvalue weighted by atomic mass is 10.2. The standard InChI is InChI=1S/C18H20N4O2/c1-2-16-18(19-7-1)21-17(20-16)14-3-5-15(6-4-14)24-13-10-22-8-11-23-12-9-22/h1-7H,8-13H2,(H,19,20,21). The monoisotopic (exact) mass is 324 g/mol. The second kappa shape index (κ2) is 6.98. The number of nitrogens with one attached hydrogen (secondary N) is 1. The molecule has 0 bridgehead atoms. The molecule has 1 saturated heterocycles. The minimum Gasteiger partial charge on any atom is -0.492 e. The Kier molecular flexibility index (Phi) is 4.40. The fourth-order valence-corrected chi connectivity index (χ4v) is 2.81. The largest absolute Gasteiger partial charge is 0.492 e. The van der Waals surface area contributed by atoms with Crippen LogP contribution in [0.25, 0.3) is 22.6 Å². The van der Waals surface area contributed by atoms with Crippen LogP contribution in [0.3, 0.4) is 0 Å². The van der Waals surface area contributed by atoms with E-state index in [0.717, 1.165) is 61.1 Å². The number of hydrogen-bond donors (Lipinski definition) is 1. The molecular weight excluding hydrogens is 304 g/mol. The molecule has 24 heavy (non-hydrogen) atoms. The van der Waals surface area contributed by atoms with Gasteiger partial charge in [-0.2, -0.15) is 0 Å². The minimum absolute atomic E-state index is 0.688. The first-order valence-electron chi connectivity index (χ1n) is 8.22. The highest BCUT2D eigenvalue weighted by Gasteiger charge is 2.10. The summed E-state index contributed by atoms with van der Waals surface area (Å²) in [5, 5.41) is 0. The Morgan fingerprint density at radius 1 is 1.12 bits per heavy atom. The van der Waals surface area contributed by atoms with Gasteiger partial charge in [0.1, 0.15) is 18.2 Å². The third kappa shape index (κ3) is 3.39. The van der Waals surface area contributed by atoms with E-state index in [1.54, 1.807) is 6.20 Å². The van der Waals surface area contributed by atoms with E-state index in [-0.39, 0.29) is 0 Å². The van der Waals surface area contributed by atoms with Gasteiger partial charge in [-0.05, 0) is 36.4 Å². The third-order valence-corrected chi connectivity index (χ3v) is 4.17. The van der Waals surface area contributed by atoms with E-state index in [1.165, 1.54) is 0 Å². The fourth-order valence-electron chi connectivity index (χ4n) is 2.81. The van der Waals surface area contributed by atoms with Gasteiger partial charge in [-0.15, -0.1) is 0 Å². The molecule has 2 aromatic heterocycles. The Labute approximate surface area is 140 Å². The van der Waals surface area contributed by atoms with Crippen molar-refractivity contribution in [2.24, 2.45) is 0 Å². The van der Waals surface area contributed by atoms with Crippen LogP contribution in [-0.4, -0.2) is 59.3 Å². The summed E-state index contributed by atoms with van der Waals surface area (Å²) in [4.78, 5) is 14.4. The van der Waals surface area contributed by atoms with Crippen molar-refractivity contribution >= 4 is 11.2 Å². The highest BCUT2D eigenvalue weighted by Crippen LogP contribution is 2.22. The summed E-state index contributed by atoms with van der Waals surface area (Å²) in [6, 6.07) is 11.9. The zero-order valence-electron chi connectivity index (χ0n) is 13.4. The molecule has 1 aromatic carbocycles. The topological polar surface area (TPSA) is 63.3 Å². The van der Waals surface area contributed by atoms with E-state index >= 15 is 0 Å². The van der Waals surface area contributed by atoms with Crippen molar-refractivity contribution < 1.29 is 9.47 Å². The predicted octanol–water partition coefficient (Wildman–Crippen LogP) is 2.34. The number of benzene rings is 1. The SMILES string of the molecule is c1cnc2nc(-c3ccc(OCCN4CCOCC4)cc3)[nH]c2c1. The molecule has 1 fully saturated rings. The molecular formula is C18H20N4O2. The number of rotatable bonds is 5. The molecule has 0 atom stereocenters. The van der Waals surface area contributed by atoms with Crippen LogP contribution in [0.4, 0.5) is 0 Å². The summed E-state index contributed by atoms with van der Waals surface area (Å²) in [6.45, 7) is 5.24. The van der Waals surface area contributed by atoms with Crippen LogP contribution in [0, 0.1) is 0 Å². The number of fused-ring (bicyclic) bond motifs is 1. The van der Waals surface area contributed by atoms with E-state index in [0.29, 0.717) is 6.61 Å².